The van der Waals surface area contributed by atoms with Gasteiger partial charge in [0.1, 0.15) is 0 Å². The van der Waals surface area contributed by atoms with Crippen molar-refractivity contribution in [2.45, 2.75) is 13.8 Å². The summed E-state index contributed by atoms with van der Waals surface area (Å²) in [5.74, 6) is 1.87. The van der Waals surface area contributed by atoms with Gasteiger partial charge in [0.25, 0.3) is 0 Å². The number of aliphatic imine (C=N–C) groups is 1. The van der Waals surface area contributed by atoms with Crippen molar-refractivity contribution in [3.8, 4) is 51.0 Å². The van der Waals surface area contributed by atoms with Crippen LogP contribution < -0.4 is 0 Å². The molecule has 0 spiro atoms. The zero-order valence-electron chi connectivity index (χ0n) is 29.5. The van der Waals surface area contributed by atoms with Crippen molar-refractivity contribution in [3.05, 3.63) is 187 Å². The molecule has 7 aromatic carbocycles. The first-order chi connectivity index (χ1) is 26.1. The van der Waals surface area contributed by atoms with Crippen LogP contribution in [0.15, 0.2) is 181 Å². The molecule has 0 aliphatic rings. The van der Waals surface area contributed by atoms with E-state index in [0.717, 1.165) is 67.1 Å². The van der Waals surface area contributed by atoms with Crippen molar-refractivity contribution >= 4 is 33.2 Å². The highest BCUT2D eigenvalue weighted by Crippen LogP contribution is 2.35. The van der Waals surface area contributed by atoms with Crippen molar-refractivity contribution < 1.29 is 0 Å². The zero-order valence-corrected chi connectivity index (χ0v) is 29.5. The summed E-state index contributed by atoms with van der Waals surface area (Å²) < 4.78 is 2.34. The third-order valence-electron chi connectivity index (χ3n) is 9.75. The maximum Gasteiger partial charge on any atom is 0.164 e. The van der Waals surface area contributed by atoms with E-state index >= 15 is 0 Å². The van der Waals surface area contributed by atoms with Gasteiger partial charge in [0, 0.05) is 38.9 Å². The van der Waals surface area contributed by atoms with Crippen LogP contribution in [0.1, 0.15) is 18.1 Å². The Hall–Kier alpha value is -6.98. The Morgan fingerprint density at radius 1 is 0.453 bits per heavy atom. The van der Waals surface area contributed by atoms with Gasteiger partial charge in [0.05, 0.1) is 16.7 Å². The van der Waals surface area contributed by atoms with Crippen LogP contribution in [0, 0.1) is 6.92 Å². The first-order valence-corrected chi connectivity index (χ1v) is 17.8. The van der Waals surface area contributed by atoms with Crippen LogP contribution in [-0.2, 0) is 0 Å². The number of aryl methyl sites for hydroxylation is 1. The minimum Gasteiger partial charge on any atom is -0.309 e. The minimum absolute atomic E-state index is 0.614. The summed E-state index contributed by atoms with van der Waals surface area (Å²) in [5, 5.41) is 2.38. The highest BCUT2D eigenvalue weighted by atomic mass is 15.0. The van der Waals surface area contributed by atoms with Crippen molar-refractivity contribution in [1.29, 1.82) is 0 Å². The predicted molar refractivity (Wildman–Crippen MR) is 219 cm³/mol. The Labute approximate surface area is 308 Å². The van der Waals surface area contributed by atoms with E-state index in [4.69, 9.17) is 19.9 Å². The van der Waals surface area contributed by atoms with Gasteiger partial charge in [-0.2, -0.15) is 0 Å². The summed E-state index contributed by atoms with van der Waals surface area (Å²) in [7, 11) is 0. The second kappa shape index (κ2) is 13.6. The lowest BCUT2D eigenvalue weighted by Gasteiger charge is -2.12. The molecular formula is C48H35N5. The zero-order chi connectivity index (χ0) is 35.7. The number of nitrogens with zero attached hydrogens (tertiary/aromatic N) is 5. The van der Waals surface area contributed by atoms with Gasteiger partial charge in [0.15, 0.2) is 17.5 Å². The van der Waals surface area contributed by atoms with Gasteiger partial charge in [-0.15, -0.1) is 0 Å². The summed E-state index contributed by atoms with van der Waals surface area (Å²) in [4.78, 5) is 20.2. The van der Waals surface area contributed by atoms with E-state index in [9.17, 15) is 0 Å². The van der Waals surface area contributed by atoms with Gasteiger partial charge in [0.2, 0.25) is 0 Å². The lowest BCUT2D eigenvalue weighted by Crippen LogP contribution is -2.01. The first-order valence-electron chi connectivity index (χ1n) is 17.8. The van der Waals surface area contributed by atoms with E-state index in [-0.39, 0.29) is 0 Å². The summed E-state index contributed by atoms with van der Waals surface area (Å²) in [6.07, 6.45) is 0. The molecule has 53 heavy (non-hydrogen) atoms. The monoisotopic (exact) mass is 681 g/mol. The fourth-order valence-corrected chi connectivity index (χ4v) is 7.01. The van der Waals surface area contributed by atoms with Gasteiger partial charge in [-0.1, -0.05) is 140 Å². The van der Waals surface area contributed by atoms with Gasteiger partial charge >= 0.3 is 0 Å². The largest absolute Gasteiger partial charge is 0.309 e. The van der Waals surface area contributed by atoms with Crippen LogP contribution in [-0.4, -0.2) is 25.2 Å². The topological polar surface area (TPSA) is 56.0 Å². The smallest absolute Gasteiger partial charge is 0.164 e. The molecule has 0 bridgehead atoms. The molecular weight excluding hydrogens is 647 g/mol. The molecule has 0 saturated heterocycles. The maximum absolute atomic E-state index is 5.12. The predicted octanol–water partition coefficient (Wildman–Crippen LogP) is 12.1. The minimum atomic E-state index is 0.614. The van der Waals surface area contributed by atoms with Crippen molar-refractivity contribution in [2.24, 2.45) is 4.99 Å². The number of para-hydroxylation sites is 2. The second-order valence-electron chi connectivity index (χ2n) is 13.2. The third-order valence-corrected chi connectivity index (χ3v) is 9.75. The standard InChI is InChI=1S/C48H35N5/c1-32-15-9-11-25-43(32)49-33(2)36-27-28-42-41-24-10-12-26-44(41)53(45(42)31-36)40-23-14-22-39(30-40)48-51-46(35-18-7-4-8-19-35)50-47(52-48)38-21-13-20-37(29-38)34-16-5-3-6-17-34/h3-31H,1-2H3. The molecule has 0 amide bonds. The van der Waals surface area contributed by atoms with Crippen molar-refractivity contribution in [3.63, 3.8) is 0 Å². The fourth-order valence-electron chi connectivity index (χ4n) is 7.01. The summed E-state index contributed by atoms with van der Waals surface area (Å²) in [6.45, 7) is 4.18. The van der Waals surface area contributed by atoms with Crippen molar-refractivity contribution in [2.75, 3.05) is 0 Å². The van der Waals surface area contributed by atoms with E-state index < -0.39 is 0 Å². The van der Waals surface area contributed by atoms with Crippen LogP contribution in [0.3, 0.4) is 0 Å². The summed E-state index contributed by atoms with van der Waals surface area (Å²) in [6, 6.07) is 60.9. The van der Waals surface area contributed by atoms with Gasteiger partial charge in [-0.25, -0.2) is 15.0 Å². The average Bonchev–Trinajstić information content (AvgIpc) is 3.56. The maximum atomic E-state index is 5.12. The molecule has 0 radical (unpaired) electrons. The Morgan fingerprint density at radius 3 is 1.77 bits per heavy atom. The van der Waals surface area contributed by atoms with Crippen LogP contribution in [0.5, 0.6) is 0 Å². The fraction of sp³-hybridized carbons (Fsp3) is 0.0417. The van der Waals surface area contributed by atoms with E-state index in [1.54, 1.807) is 0 Å². The quantitative estimate of drug-likeness (QED) is 0.157. The van der Waals surface area contributed by atoms with E-state index in [2.05, 4.69) is 146 Å². The normalized spacial score (nSPS) is 11.7. The molecule has 2 heterocycles. The molecule has 5 nitrogen and oxygen atoms in total. The van der Waals surface area contributed by atoms with Gasteiger partial charge in [-0.05, 0) is 72.5 Å². The molecule has 0 atom stereocenters. The van der Waals surface area contributed by atoms with E-state index in [1.165, 1.54) is 10.8 Å². The lowest BCUT2D eigenvalue weighted by atomic mass is 10.0. The Morgan fingerprint density at radius 2 is 1.02 bits per heavy atom. The van der Waals surface area contributed by atoms with Crippen molar-refractivity contribution in [1.82, 2.24) is 19.5 Å². The molecule has 0 fully saturated rings. The molecule has 9 aromatic rings. The summed E-state index contributed by atoms with van der Waals surface area (Å²) >= 11 is 0. The van der Waals surface area contributed by atoms with Crippen LogP contribution in [0.2, 0.25) is 0 Å². The van der Waals surface area contributed by atoms with Crippen LogP contribution in [0.4, 0.5) is 5.69 Å². The summed E-state index contributed by atoms with van der Waals surface area (Å²) in [5.41, 5.74) is 12.5. The molecule has 0 aliphatic heterocycles. The number of hydrogen-bond donors (Lipinski definition) is 0. The molecule has 9 rings (SSSR count). The highest BCUT2D eigenvalue weighted by molar-refractivity contribution is 6.12. The number of aromatic nitrogens is 4. The van der Waals surface area contributed by atoms with Gasteiger partial charge < -0.3 is 4.57 Å². The SMILES string of the molecule is CC(=Nc1ccccc1C)c1ccc2c3ccccc3n(-c3cccc(-c4nc(-c5ccccc5)nc(-c5cccc(-c6ccccc6)c5)n4)c3)c2c1. The second-order valence-corrected chi connectivity index (χ2v) is 13.2. The average molecular weight is 682 g/mol. The molecule has 0 saturated carbocycles. The Balaban J connectivity index is 1.19. The van der Waals surface area contributed by atoms with Crippen LogP contribution >= 0.6 is 0 Å². The number of fused-ring (bicyclic) bond motifs is 3. The number of hydrogen-bond acceptors (Lipinski definition) is 4. The van der Waals surface area contributed by atoms with Crippen LogP contribution in [0.25, 0.3) is 72.8 Å². The van der Waals surface area contributed by atoms with Gasteiger partial charge in [-0.3, -0.25) is 4.99 Å². The Bertz CT molecular complexity index is 2800. The highest BCUT2D eigenvalue weighted by Gasteiger charge is 2.17. The molecule has 2 aromatic heterocycles. The van der Waals surface area contributed by atoms with E-state index in [1.807, 2.05) is 48.5 Å². The molecule has 252 valence electrons. The molecule has 5 heteroatoms. The number of rotatable bonds is 7. The van der Waals surface area contributed by atoms with E-state index in [0.29, 0.717) is 17.5 Å². The molecule has 0 aliphatic carbocycles. The molecule has 0 unspecified atom stereocenters. The third kappa shape index (κ3) is 6.19. The Kier molecular flexibility index (Phi) is 8.22. The molecule has 0 N–H and O–H groups in total. The number of benzene rings is 7. The first kappa shape index (κ1) is 32.0. The lowest BCUT2D eigenvalue weighted by molar-refractivity contribution is 1.07.